The highest BCUT2D eigenvalue weighted by atomic mass is 19.1. The number of halogens is 1. The predicted molar refractivity (Wildman–Crippen MR) is 75.1 cm³/mol. The average Bonchev–Trinajstić information content (AvgIpc) is 2.44. The highest BCUT2D eigenvalue weighted by Crippen LogP contribution is 2.27. The highest BCUT2D eigenvalue weighted by Gasteiger charge is 2.09. The molecule has 7 N–H and O–H groups in total. The largest absolute Gasteiger partial charge is 0.508 e. The summed E-state index contributed by atoms with van der Waals surface area (Å²) in [4.78, 5) is 3.95. The lowest BCUT2D eigenvalue weighted by atomic mass is 10.1. The third-order valence-electron chi connectivity index (χ3n) is 2.59. The van der Waals surface area contributed by atoms with Gasteiger partial charge in [-0.2, -0.15) is 0 Å². The molecule has 104 valence electrons. The minimum atomic E-state index is -0.503. The summed E-state index contributed by atoms with van der Waals surface area (Å²) in [6, 6.07) is 5.35. The first-order valence-electron chi connectivity index (χ1n) is 5.73. The van der Waals surface area contributed by atoms with Crippen molar-refractivity contribution in [3.63, 3.8) is 0 Å². The van der Waals surface area contributed by atoms with E-state index in [1.54, 1.807) is 12.3 Å². The summed E-state index contributed by atoms with van der Waals surface area (Å²) in [6.07, 6.45) is 4.45. The first kappa shape index (κ1) is 13.6. The van der Waals surface area contributed by atoms with Crippen molar-refractivity contribution in [1.82, 2.24) is 10.4 Å². The Bertz CT molecular complexity index is 644. The van der Waals surface area contributed by atoms with Gasteiger partial charge >= 0.3 is 0 Å². The highest BCUT2D eigenvalue weighted by molar-refractivity contribution is 5.77. The lowest BCUT2D eigenvalue weighted by molar-refractivity contribution is 0.473. The van der Waals surface area contributed by atoms with Crippen LogP contribution < -0.4 is 22.3 Å². The number of hydrogen-bond donors (Lipinski definition) is 5. The van der Waals surface area contributed by atoms with Crippen LogP contribution in [0.1, 0.15) is 5.56 Å². The number of aromatic hydroxyl groups is 1. The molecule has 2 aromatic rings. The zero-order valence-electron chi connectivity index (χ0n) is 10.5. The Balaban J connectivity index is 2.39. The topological polar surface area (TPSA) is 109 Å². The second-order valence-electron chi connectivity index (χ2n) is 3.98. The number of nitrogens with one attached hydrogen (secondary N) is 2. The Labute approximate surface area is 114 Å². The standard InChI is InChI=1S/C13H14FN5O/c14-10-2-1-8(20)5-12(10)19-13-7-17-4-3-9(13)11(15)6-18-16/h1-7,18-20H,15-16H2/b11-6-. The van der Waals surface area contributed by atoms with Crippen molar-refractivity contribution in [1.29, 1.82) is 0 Å². The number of rotatable bonds is 4. The van der Waals surface area contributed by atoms with Crippen LogP contribution in [-0.2, 0) is 0 Å². The van der Waals surface area contributed by atoms with Gasteiger partial charge in [-0.15, -0.1) is 0 Å². The molecule has 0 amide bonds. The number of hydrogen-bond acceptors (Lipinski definition) is 6. The van der Waals surface area contributed by atoms with Crippen LogP contribution in [0, 0.1) is 5.82 Å². The van der Waals surface area contributed by atoms with E-state index in [0.29, 0.717) is 16.9 Å². The van der Waals surface area contributed by atoms with E-state index in [9.17, 15) is 9.50 Å². The van der Waals surface area contributed by atoms with E-state index in [1.165, 1.54) is 24.5 Å². The van der Waals surface area contributed by atoms with Crippen LogP contribution in [-0.4, -0.2) is 10.1 Å². The lowest BCUT2D eigenvalue weighted by Gasteiger charge is -2.12. The van der Waals surface area contributed by atoms with Crippen LogP contribution >= 0.6 is 0 Å². The van der Waals surface area contributed by atoms with Crippen molar-refractivity contribution in [3.05, 3.63) is 54.2 Å². The number of nitrogens with zero attached hydrogens (tertiary/aromatic N) is 1. The molecule has 0 unspecified atom stereocenters. The molecule has 0 aliphatic heterocycles. The molecule has 2 rings (SSSR count). The summed E-state index contributed by atoms with van der Waals surface area (Å²) in [7, 11) is 0. The number of benzene rings is 1. The van der Waals surface area contributed by atoms with Crippen LogP contribution in [0.4, 0.5) is 15.8 Å². The maximum atomic E-state index is 13.7. The SMILES string of the molecule is NN/C=C(\N)c1ccncc1Nc1cc(O)ccc1F. The summed E-state index contributed by atoms with van der Waals surface area (Å²) in [5.74, 6) is 4.63. The second-order valence-corrected chi connectivity index (χ2v) is 3.98. The van der Waals surface area contributed by atoms with E-state index in [-0.39, 0.29) is 11.4 Å². The Hall–Kier alpha value is -2.80. The summed E-state index contributed by atoms with van der Waals surface area (Å²) >= 11 is 0. The quantitative estimate of drug-likeness (QED) is 0.426. The van der Waals surface area contributed by atoms with Crippen molar-refractivity contribution >= 4 is 17.1 Å². The van der Waals surface area contributed by atoms with Crippen molar-refractivity contribution in [2.45, 2.75) is 0 Å². The third-order valence-corrected chi connectivity index (χ3v) is 2.59. The first-order valence-corrected chi connectivity index (χ1v) is 5.73. The van der Waals surface area contributed by atoms with Crippen molar-refractivity contribution in [3.8, 4) is 5.75 Å². The molecule has 0 aliphatic rings. The Morgan fingerprint density at radius 3 is 2.85 bits per heavy atom. The summed E-state index contributed by atoms with van der Waals surface area (Å²) in [5, 5.41) is 12.2. The van der Waals surface area contributed by atoms with Gasteiger partial charge in [0.05, 0.1) is 23.3 Å². The molecule has 1 aromatic carbocycles. The fourth-order valence-corrected chi connectivity index (χ4v) is 1.67. The van der Waals surface area contributed by atoms with Crippen LogP contribution in [0.2, 0.25) is 0 Å². The Morgan fingerprint density at radius 1 is 1.30 bits per heavy atom. The van der Waals surface area contributed by atoms with Crippen molar-refractivity contribution in [2.75, 3.05) is 5.32 Å². The van der Waals surface area contributed by atoms with Gasteiger partial charge in [-0.3, -0.25) is 10.8 Å². The van der Waals surface area contributed by atoms with Crippen LogP contribution in [0.15, 0.2) is 42.9 Å². The molecule has 0 saturated carbocycles. The number of aromatic nitrogens is 1. The van der Waals surface area contributed by atoms with Crippen LogP contribution in [0.3, 0.4) is 0 Å². The molecule has 0 atom stereocenters. The molecule has 0 radical (unpaired) electrons. The normalized spacial score (nSPS) is 11.2. The van der Waals surface area contributed by atoms with E-state index < -0.39 is 5.82 Å². The van der Waals surface area contributed by atoms with E-state index in [4.69, 9.17) is 11.6 Å². The Morgan fingerprint density at radius 2 is 2.10 bits per heavy atom. The molecule has 0 fully saturated rings. The monoisotopic (exact) mass is 275 g/mol. The first-order chi connectivity index (χ1) is 9.61. The molecular weight excluding hydrogens is 261 g/mol. The summed E-state index contributed by atoms with van der Waals surface area (Å²) in [6.45, 7) is 0. The maximum absolute atomic E-state index is 13.7. The number of nitrogens with two attached hydrogens (primary N) is 2. The molecule has 1 heterocycles. The van der Waals surface area contributed by atoms with Gasteiger partial charge in [0, 0.05) is 24.0 Å². The van der Waals surface area contributed by atoms with Gasteiger partial charge in [-0.05, 0) is 18.2 Å². The zero-order valence-corrected chi connectivity index (χ0v) is 10.5. The van der Waals surface area contributed by atoms with E-state index in [2.05, 4.69) is 15.7 Å². The van der Waals surface area contributed by atoms with Gasteiger partial charge in [0.25, 0.3) is 0 Å². The van der Waals surface area contributed by atoms with E-state index >= 15 is 0 Å². The minimum Gasteiger partial charge on any atom is -0.508 e. The van der Waals surface area contributed by atoms with Crippen LogP contribution in [0.5, 0.6) is 5.75 Å². The molecule has 7 heteroatoms. The van der Waals surface area contributed by atoms with Gasteiger partial charge < -0.3 is 21.6 Å². The number of anilines is 2. The minimum absolute atomic E-state index is 0.0496. The van der Waals surface area contributed by atoms with Crippen molar-refractivity contribution in [2.24, 2.45) is 11.6 Å². The molecule has 0 saturated heterocycles. The fraction of sp³-hybridized carbons (Fsp3) is 0. The smallest absolute Gasteiger partial charge is 0.146 e. The van der Waals surface area contributed by atoms with E-state index in [0.717, 1.165) is 6.07 Å². The number of hydrazine groups is 1. The van der Waals surface area contributed by atoms with Gasteiger partial charge in [0.1, 0.15) is 11.6 Å². The number of phenols is 1. The Kier molecular flexibility index (Phi) is 4.02. The third kappa shape index (κ3) is 2.96. The summed E-state index contributed by atoms with van der Waals surface area (Å²) in [5.41, 5.74) is 9.73. The fourth-order valence-electron chi connectivity index (χ4n) is 1.67. The molecular formula is C13H14FN5O. The lowest BCUT2D eigenvalue weighted by Crippen LogP contribution is -2.16. The maximum Gasteiger partial charge on any atom is 0.146 e. The van der Waals surface area contributed by atoms with E-state index in [1.807, 2.05) is 0 Å². The molecule has 0 bridgehead atoms. The van der Waals surface area contributed by atoms with Crippen molar-refractivity contribution < 1.29 is 9.50 Å². The van der Waals surface area contributed by atoms with Gasteiger partial charge in [-0.1, -0.05) is 0 Å². The molecule has 20 heavy (non-hydrogen) atoms. The van der Waals surface area contributed by atoms with Gasteiger partial charge in [-0.25, -0.2) is 4.39 Å². The molecule has 0 aliphatic carbocycles. The number of phenolic OH excluding ortho intramolecular Hbond substituents is 1. The zero-order chi connectivity index (χ0) is 14.5. The summed E-state index contributed by atoms with van der Waals surface area (Å²) < 4.78 is 13.7. The molecule has 6 nitrogen and oxygen atoms in total. The average molecular weight is 275 g/mol. The van der Waals surface area contributed by atoms with Gasteiger partial charge in [0.2, 0.25) is 0 Å². The number of pyridine rings is 1. The van der Waals surface area contributed by atoms with Gasteiger partial charge in [0.15, 0.2) is 0 Å². The molecule has 0 spiro atoms. The van der Waals surface area contributed by atoms with Crippen LogP contribution in [0.25, 0.3) is 5.70 Å². The predicted octanol–water partition coefficient (Wildman–Crippen LogP) is 1.39. The molecule has 1 aromatic heterocycles. The second kappa shape index (κ2) is 5.89.